The Labute approximate surface area is 100 Å². The normalized spacial score (nSPS) is 18.9. The number of nitrogens with one attached hydrogen (secondary N) is 2. The maximum absolute atomic E-state index is 11.8. The molecule has 1 aliphatic heterocycles. The zero-order valence-electron chi connectivity index (χ0n) is 10.2. The van der Waals surface area contributed by atoms with Crippen molar-refractivity contribution in [1.29, 1.82) is 0 Å². The molecule has 2 N–H and O–H groups in total. The molecule has 1 saturated heterocycles. The molecule has 1 fully saturated rings. The van der Waals surface area contributed by atoms with Crippen LogP contribution in [-0.2, 0) is 4.74 Å². The zero-order chi connectivity index (χ0) is 12.3. The lowest BCUT2D eigenvalue weighted by Gasteiger charge is -2.33. The largest absolute Gasteiger partial charge is 0.381 e. The van der Waals surface area contributed by atoms with Crippen molar-refractivity contribution < 1.29 is 9.53 Å². The number of H-pyrrole nitrogens is 1. The number of carbonyl (C=O) groups is 1. The molecule has 1 aromatic rings. The van der Waals surface area contributed by atoms with Crippen LogP contribution in [0.15, 0.2) is 0 Å². The van der Waals surface area contributed by atoms with E-state index in [9.17, 15) is 4.79 Å². The van der Waals surface area contributed by atoms with Gasteiger partial charge in [-0.25, -0.2) is 4.98 Å². The van der Waals surface area contributed by atoms with Gasteiger partial charge in [-0.3, -0.25) is 9.89 Å². The first kappa shape index (κ1) is 12.0. The highest BCUT2D eigenvalue weighted by molar-refractivity contribution is 5.90. The fourth-order valence-corrected chi connectivity index (χ4v) is 1.86. The highest BCUT2D eigenvalue weighted by Gasteiger charge is 2.28. The van der Waals surface area contributed by atoms with Gasteiger partial charge < -0.3 is 10.1 Å². The van der Waals surface area contributed by atoms with E-state index in [4.69, 9.17) is 4.74 Å². The van der Waals surface area contributed by atoms with E-state index in [0.717, 1.165) is 26.1 Å². The van der Waals surface area contributed by atoms with Gasteiger partial charge in [0.2, 0.25) is 5.82 Å². The van der Waals surface area contributed by atoms with Crippen molar-refractivity contribution in [3.63, 3.8) is 0 Å². The lowest BCUT2D eigenvalue weighted by atomic mass is 9.82. The standard InChI is InChI=1S/C11H18N4O2/c1-8-13-9(15-14-8)10(16)12-7-11(2)3-5-17-6-4-11/h3-7H2,1-2H3,(H,12,16)(H,13,14,15). The van der Waals surface area contributed by atoms with Gasteiger partial charge in [0, 0.05) is 19.8 Å². The molecule has 0 unspecified atom stereocenters. The molecule has 0 aromatic carbocycles. The number of hydrogen-bond donors (Lipinski definition) is 2. The Hall–Kier alpha value is -1.43. The summed E-state index contributed by atoms with van der Waals surface area (Å²) in [6.45, 7) is 6.11. The first-order valence-electron chi connectivity index (χ1n) is 5.84. The number of hydrogen-bond acceptors (Lipinski definition) is 4. The Morgan fingerprint density at radius 2 is 2.24 bits per heavy atom. The van der Waals surface area contributed by atoms with Crippen LogP contribution in [0.2, 0.25) is 0 Å². The Balaban J connectivity index is 1.87. The first-order valence-corrected chi connectivity index (χ1v) is 5.84. The molecule has 1 aliphatic rings. The molecule has 17 heavy (non-hydrogen) atoms. The summed E-state index contributed by atoms with van der Waals surface area (Å²) in [5, 5.41) is 9.37. The van der Waals surface area contributed by atoms with Crippen LogP contribution in [0, 0.1) is 12.3 Å². The fourth-order valence-electron chi connectivity index (χ4n) is 1.86. The first-order chi connectivity index (χ1) is 8.09. The summed E-state index contributed by atoms with van der Waals surface area (Å²) >= 11 is 0. The minimum Gasteiger partial charge on any atom is -0.381 e. The third-order valence-electron chi connectivity index (χ3n) is 3.18. The van der Waals surface area contributed by atoms with E-state index in [1.54, 1.807) is 6.92 Å². The van der Waals surface area contributed by atoms with Gasteiger partial charge in [-0.05, 0) is 25.2 Å². The van der Waals surface area contributed by atoms with E-state index < -0.39 is 0 Å². The molecule has 0 radical (unpaired) electrons. The summed E-state index contributed by atoms with van der Waals surface area (Å²) in [5.74, 6) is 0.632. The van der Waals surface area contributed by atoms with E-state index in [1.807, 2.05) is 0 Å². The van der Waals surface area contributed by atoms with Crippen LogP contribution in [0.3, 0.4) is 0 Å². The second kappa shape index (κ2) is 4.83. The molecule has 0 aliphatic carbocycles. The molecule has 6 nitrogen and oxygen atoms in total. The van der Waals surface area contributed by atoms with Crippen molar-refractivity contribution in [3.05, 3.63) is 11.6 Å². The summed E-state index contributed by atoms with van der Waals surface area (Å²) in [6.07, 6.45) is 1.95. The third kappa shape index (κ3) is 3.03. The summed E-state index contributed by atoms with van der Waals surface area (Å²) in [5.41, 5.74) is 0.124. The molecule has 0 saturated carbocycles. The summed E-state index contributed by atoms with van der Waals surface area (Å²) in [6, 6.07) is 0. The monoisotopic (exact) mass is 238 g/mol. The van der Waals surface area contributed by atoms with Crippen LogP contribution in [0.1, 0.15) is 36.2 Å². The second-order valence-electron chi connectivity index (χ2n) is 4.85. The van der Waals surface area contributed by atoms with E-state index in [-0.39, 0.29) is 17.1 Å². The lowest BCUT2D eigenvalue weighted by Crippen LogP contribution is -2.39. The van der Waals surface area contributed by atoms with E-state index >= 15 is 0 Å². The highest BCUT2D eigenvalue weighted by atomic mass is 16.5. The SMILES string of the molecule is Cc1nc(C(=O)NCC2(C)CCOCC2)n[nH]1. The maximum Gasteiger partial charge on any atom is 0.290 e. The molecule has 94 valence electrons. The van der Waals surface area contributed by atoms with Crippen molar-refractivity contribution in [2.75, 3.05) is 19.8 Å². The quantitative estimate of drug-likeness (QED) is 0.810. The number of aromatic nitrogens is 3. The van der Waals surface area contributed by atoms with Crippen LogP contribution in [-0.4, -0.2) is 40.8 Å². The molecule has 6 heteroatoms. The number of nitrogens with zero attached hydrogens (tertiary/aromatic N) is 2. The van der Waals surface area contributed by atoms with Crippen LogP contribution in [0.25, 0.3) is 0 Å². The topological polar surface area (TPSA) is 79.9 Å². The van der Waals surface area contributed by atoms with Gasteiger partial charge in [0.05, 0.1) is 0 Å². The minimum atomic E-state index is -0.220. The van der Waals surface area contributed by atoms with Gasteiger partial charge in [-0.2, -0.15) is 0 Å². The van der Waals surface area contributed by atoms with Crippen molar-refractivity contribution >= 4 is 5.91 Å². The Morgan fingerprint density at radius 3 is 2.82 bits per heavy atom. The van der Waals surface area contributed by atoms with E-state index in [1.165, 1.54) is 0 Å². The summed E-state index contributed by atoms with van der Waals surface area (Å²) in [7, 11) is 0. The lowest BCUT2D eigenvalue weighted by molar-refractivity contribution is 0.0238. The molecule has 1 amide bonds. The molecule has 2 rings (SSSR count). The summed E-state index contributed by atoms with van der Waals surface area (Å²) in [4.78, 5) is 15.7. The molecule has 2 heterocycles. The average molecular weight is 238 g/mol. The van der Waals surface area contributed by atoms with Crippen LogP contribution < -0.4 is 5.32 Å². The van der Waals surface area contributed by atoms with Crippen LogP contribution in [0.4, 0.5) is 0 Å². The van der Waals surface area contributed by atoms with Crippen molar-refractivity contribution in [2.45, 2.75) is 26.7 Å². The second-order valence-corrected chi connectivity index (χ2v) is 4.85. The van der Waals surface area contributed by atoms with Gasteiger partial charge in [-0.15, -0.1) is 5.10 Å². The fraction of sp³-hybridized carbons (Fsp3) is 0.727. The highest BCUT2D eigenvalue weighted by Crippen LogP contribution is 2.28. The number of aromatic amines is 1. The third-order valence-corrected chi connectivity index (χ3v) is 3.18. The van der Waals surface area contributed by atoms with Gasteiger partial charge in [-0.1, -0.05) is 6.92 Å². The molecule has 0 atom stereocenters. The van der Waals surface area contributed by atoms with Gasteiger partial charge in [0.25, 0.3) is 5.91 Å². The summed E-state index contributed by atoms with van der Waals surface area (Å²) < 4.78 is 5.32. The van der Waals surface area contributed by atoms with Gasteiger partial charge in [0.15, 0.2) is 0 Å². The predicted octanol–water partition coefficient (Wildman–Crippen LogP) is 0.660. The Bertz CT molecular complexity index is 396. The van der Waals surface area contributed by atoms with E-state index in [0.29, 0.717) is 12.4 Å². The Morgan fingerprint density at radius 1 is 1.53 bits per heavy atom. The number of carbonyl (C=O) groups excluding carboxylic acids is 1. The molecular weight excluding hydrogens is 220 g/mol. The van der Waals surface area contributed by atoms with Crippen molar-refractivity contribution in [3.8, 4) is 0 Å². The number of rotatable bonds is 3. The maximum atomic E-state index is 11.8. The average Bonchev–Trinajstić information content (AvgIpc) is 2.74. The van der Waals surface area contributed by atoms with Crippen molar-refractivity contribution in [2.24, 2.45) is 5.41 Å². The number of ether oxygens (including phenoxy) is 1. The smallest absolute Gasteiger partial charge is 0.290 e. The predicted molar refractivity (Wildman–Crippen MR) is 61.6 cm³/mol. The van der Waals surface area contributed by atoms with Crippen LogP contribution >= 0.6 is 0 Å². The van der Waals surface area contributed by atoms with Gasteiger partial charge in [0.1, 0.15) is 5.82 Å². The molecule has 0 bridgehead atoms. The van der Waals surface area contributed by atoms with E-state index in [2.05, 4.69) is 27.4 Å². The Kier molecular flexibility index (Phi) is 3.42. The zero-order valence-corrected chi connectivity index (χ0v) is 10.2. The van der Waals surface area contributed by atoms with Gasteiger partial charge >= 0.3 is 0 Å². The van der Waals surface area contributed by atoms with Crippen LogP contribution in [0.5, 0.6) is 0 Å². The van der Waals surface area contributed by atoms with Crippen molar-refractivity contribution in [1.82, 2.24) is 20.5 Å². The number of aryl methyl sites for hydroxylation is 1. The molecule has 1 aromatic heterocycles. The molecular formula is C11H18N4O2. The number of amides is 1. The minimum absolute atomic E-state index is 0.124. The molecule has 0 spiro atoms.